The van der Waals surface area contributed by atoms with Gasteiger partial charge in [0.1, 0.15) is 17.1 Å². The fraction of sp³-hybridized carbons (Fsp3) is 0.0400. The average molecular weight is 556 g/mol. The lowest BCUT2D eigenvalue weighted by Crippen LogP contribution is -2.15. The van der Waals surface area contributed by atoms with Gasteiger partial charge in [0, 0.05) is 12.1 Å². The summed E-state index contributed by atoms with van der Waals surface area (Å²) >= 11 is 17.7. The average Bonchev–Trinajstić information content (AvgIpc) is 2.82. The van der Waals surface area contributed by atoms with E-state index in [0.717, 1.165) is 18.2 Å². The summed E-state index contributed by atoms with van der Waals surface area (Å²) in [6, 6.07) is 13.8. The molecule has 0 atom stereocenters. The Morgan fingerprint density at radius 3 is 2.36 bits per heavy atom. The molecule has 0 spiro atoms. The maximum atomic E-state index is 13.7. The van der Waals surface area contributed by atoms with Gasteiger partial charge in [0.15, 0.2) is 0 Å². The third kappa shape index (κ3) is 5.67. The maximum absolute atomic E-state index is 13.7. The van der Waals surface area contributed by atoms with Gasteiger partial charge in [-0.25, -0.2) is 4.79 Å². The highest BCUT2D eigenvalue weighted by molar-refractivity contribution is 6.42. The van der Waals surface area contributed by atoms with Crippen LogP contribution in [0, 0.1) is 0 Å². The molecule has 0 bridgehead atoms. The number of carbonyl (C=O) groups is 1. The van der Waals surface area contributed by atoms with E-state index in [4.69, 9.17) is 48.7 Å². The monoisotopic (exact) mass is 554 g/mol. The number of carbonyl (C=O) groups excluding carboxylic acids is 1. The van der Waals surface area contributed by atoms with Gasteiger partial charge in [0.05, 0.1) is 20.5 Å². The molecule has 1 aromatic heterocycles. The number of rotatable bonds is 5. The van der Waals surface area contributed by atoms with Crippen LogP contribution in [0.15, 0.2) is 76.0 Å². The third-order valence-corrected chi connectivity index (χ3v) is 5.75. The van der Waals surface area contributed by atoms with Crippen molar-refractivity contribution in [3.8, 4) is 17.2 Å². The van der Waals surface area contributed by atoms with E-state index in [1.807, 2.05) is 0 Å². The van der Waals surface area contributed by atoms with Gasteiger partial charge >= 0.3 is 12.1 Å². The third-order valence-electron chi connectivity index (χ3n) is 4.70. The van der Waals surface area contributed by atoms with Gasteiger partial charge in [-0.1, -0.05) is 53.0 Å². The maximum Gasteiger partial charge on any atom is 0.453 e. The smallest absolute Gasteiger partial charge is 0.448 e. The molecule has 0 unspecified atom stereocenters. The minimum absolute atomic E-state index is 0.00121. The van der Waals surface area contributed by atoms with E-state index in [9.17, 15) is 22.8 Å². The van der Waals surface area contributed by atoms with Crippen LogP contribution >= 0.6 is 34.8 Å². The summed E-state index contributed by atoms with van der Waals surface area (Å²) in [5.74, 6) is -3.88. The van der Waals surface area contributed by atoms with Gasteiger partial charge < -0.3 is 13.9 Å². The second kappa shape index (κ2) is 10.3. The Morgan fingerprint density at radius 2 is 1.67 bits per heavy atom. The summed E-state index contributed by atoms with van der Waals surface area (Å²) in [6.45, 7) is 0. The number of ether oxygens (including phenoxy) is 2. The number of hydrogen-bond donors (Lipinski definition) is 0. The van der Waals surface area contributed by atoms with Gasteiger partial charge in [0.2, 0.25) is 11.2 Å². The molecule has 0 aliphatic heterocycles. The van der Waals surface area contributed by atoms with Crippen LogP contribution in [0.1, 0.15) is 11.3 Å². The normalized spacial score (nSPS) is 11.7. The van der Waals surface area contributed by atoms with Crippen LogP contribution in [0.4, 0.5) is 13.2 Å². The molecule has 0 radical (unpaired) electrons. The Kier molecular flexibility index (Phi) is 7.31. The summed E-state index contributed by atoms with van der Waals surface area (Å²) in [7, 11) is 0. The van der Waals surface area contributed by atoms with E-state index in [1.54, 1.807) is 18.2 Å². The molecule has 11 heteroatoms. The zero-order valence-corrected chi connectivity index (χ0v) is 20.0. The molecule has 0 saturated carbocycles. The first-order valence-corrected chi connectivity index (χ1v) is 11.1. The highest BCUT2D eigenvalue weighted by Crippen LogP contribution is 2.39. The second-order valence-corrected chi connectivity index (χ2v) is 8.43. The minimum Gasteiger partial charge on any atom is -0.448 e. The van der Waals surface area contributed by atoms with E-state index in [1.165, 1.54) is 36.4 Å². The van der Waals surface area contributed by atoms with Gasteiger partial charge in [-0.2, -0.15) is 13.2 Å². The van der Waals surface area contributed by atoms with Crippen LogP contribution < -0.4 is 14.9 Å². The second-order valence-electron chi connectivity index (χ2n) is 7.21. The van der Waals surface area contributed by atoms with E-state index in [0.29, 0.717) is 10.6 Å². The molecule has 36 heavy (non-hydrogen) atoms. The van der Waals surface area contributed by atoms with Crippen LogP contribution in [-0.4, -0.2) is 5.97 Å². The molecule has 0 N–H and O–H groups in total. The van der Waals surface area contributed by atoms with Crippen LogP contribution in [0.2, 0.25) is 15.1 Å². The Hall–Kier alpha value is -3.46. The molecule has 4 aromatic rings. The Labute approximate surface area is 216 Å². The van der Waals surface area contributed by atoms with Crippen LogP contribution in [-0.2, 0) is 11.0 Å². The predicted octanol–water partition coefficient (Wildman–Crippen LogP) is 8.18. The largest absolute Gasteiger partial charge is 0.453 e. The quantitative estimate of drug-likeness (QED) is 0.141. The van der Waals surface area contributed by atoms with Crippen LogP contribution in [0.3, 0.4) is 0 Å². The molecule has 0 amide bonds. The van der Waals surface area contributed by atoms with Crippen molar-refractivity contribution < 1.29 is 31.9 Å². The first-order valence-electron chi connectivity index (χ1n) is 9.98. The molecule has 4 rings (SSSR count). The molecule has 0 fully saturated rings. The van der Waals surface area contributed by atoms with Gasteiger partial charge in [-0.05, 0) is 48.0 Å². The lowest BCUT2D eigenvalue weighted by molar-refractivity contribution is -0.154. The summed E-state index contributed by atoms with van der Waals surface area (Å²) in [6.07, 6.45) is -2.58. The summed E-state index contributed by atoms with van der Waals surface area (Å²) < 4.78 is 56.5. The molecule has 5 nitrogen and oxygen atoms in total. The number of fused-ring (bicyclic) bond motifs is 1. The van der Waals surface area contributed by atoms with Crippen molar-refractivity contribution in [2.45, 2.75) is 6.18 Å². The van der Waals surface area contributed by atoms with Gasteiger partial charge in [0.25, 0.3) is 5.76 Å². The lowest BCUT2D eigenvalue weighted by atomic mass is 10.2. The fourth-order valence-electron chi connectivity index (χ4n) is 3.07. The zero-order valence-electron chi connectivity index (χ0n) is 17.7. The van der Waals surface area contributed by atoms with Crippen molar-refractivity contribution >= 4 is 57.8 Å². The van der Waals surface area contributed by atoms with E-state index >= 15 is 0 Å². The van der Waals surface area contributed by atoms with Crippen LogP contribution in [0.25, 0.3) is 17.0 Å². The Bertz CT molecular complexity index is 1560. The summed E-state index contributed by atoms with van der Waals surface area (Å²) in [5.41, 5.74) is -0.981. The highest BCUT2D eigenvalue weighted by atomic mass is 35.5. The number of esters is 1. The van der Waals surface area contributed by atoms with Crippen molar-refractivity contribution in [1.82, 2.24) is 0 Å². The zero-order chi connectivity index (χ0) is 26.0. The molecular weight excluding hydrogens is 544 g/mol. The van der Waals surface area contributed by atoms with Crippen molar-refractivity contribution in [2.24, 2.45) is 0 Å². The van der Waals surface area contributed by atoms with Crippen LogP contribution in [0.5, 0.6) is 17.2 Å². The highest BCUT2D eigenvalue weighted by Gasteiger charge is 2.40. The van der Waals surface area contributed by atoms with Crippen molar-refractivity contribution in [2.75, 3.05) is 0 Å². The molecule has 184 valence electrons. The lowest BCUT2D eigenvalue weighted by Gasteiger charge is -2.14. The molecule has 0 saturated heterocycles. The fourth-order valence-corrected chi connectivity index (χ4v) is 3.55. The first-order chi connectivity index (χ1) is 17.0. The first kappa shape index (κ1) is 25.6. The number of hydrogen-bond acceptors (Lipinski definition) is 5. The van der Waals surface area contributed by atoms with E-state index in [2.05, 4.69) is 0 Å². The van der Waals surface area contributed by atoms with Crippen molar-refractivity contribution in [3.63, 3.8) is 0 Å². The molecule has 0 aliphatic rings. The number of para-hydroxylation sites is 1. The predicted molar refractivity (Wildman–Crippen MR) is 130 cm³/mol. The minimum atomic E-state index is -5.07. The molecular formula is C25H12Cl3F3O5. The number of halogens is 6. The Balaban J connectivity index is 1.66. The summed E-state index contributed by atoms with van der Waals surface area (Å²) in [5, 5.41) is 0.403. The van der Waals surface area contributed by atoms with E-state index in [-0.39, 0.29) is 26.9 Å². The Morgan fingerprint density at radius 1 is 0.917 bits per heavy atom. The molecule has 1 heterocycles. The SMILES string of the molecule is O=C(/C=C/c1ccc(Cl)c(Cl)c1)Oc1ccc2c(=O)c(Oc3ccccc3Cl)c(C(F)(F)F)oc2c1. The van der Waals surface area contributed by atoms with Crippen molar-refractivity contribution in [1.29, 1.82) is 0 Å². The summed E-state index contributed by atoms with van der Waals surface area (Å²) in [4.78, 5) is 25.1. The topological polar surface area (TPSA) is 65.7 Å². The van der Waals surface area contributed by atoms with Crippen molar-refractivity contribution in [3.05, 3.63) is 103 Å². The van der Waals surface area contributed by atoms with Gasteiger partial charge in [-0.3, -0.25) is 4.79 Å². The van der Waals surface area contributed by atoms with Gasteiger partial charge in [-0.15, -0.1) is 0 Å². The number of benzene rings is 3. The van der Waals surface area contributed by atoms with E-state index < -0.39 is 34.7 Å². The molecule has 3 aromatic carbocycles. The standard InChI is InChI=1S/C25H12Cl3F3O5/c26-16-9-5-13(11-18(16)28)6-10-21(32)34-14-7-8-15-20(12-14)36-24(25(29,30)31)23(22(15)33)35-19-4-2-1-3-17(19)27/h1-12H/b10-6+. The molecule has 0 aliphatic carbocycles. The number of alkyl halides is 3.